The number of aldehydes is 1. The maximum absolute atomic E-state index is 10.5. The first kappa shape index (κ1) is 15.3. The third-order valence-corrected chi connectivity index (χ3v) is 1.90. The minimum atomic E-state index is 0.687. The number of H-pyrrole nitrogens is 1. The van der Waals surface area contributed by atoms with Gasteiger partial charge in [-0.2, -0.15) is 5.10 Å². The average molecular weight is 236 g/mol. The van der Waals surface area contributed by atoms with Crippen molar-refractivity contribution >= 4 is 17.2 Å². The molecule has 0 fully saturated rings. The molecule has 1 aromatic heterocycles. The lowest BCUT2D eigenvalue weighted by atomic mass is 10.1. The molecule has 0 unspecified atom stereocenters. The smallest absolute Gasteiger partial charge is 0.150 e. The monoisotopic (exact) mass is 236 g/mol. The standard InChI is InChI=1S/C9H8N2O.C2H6O.C2H6/c1-6-8-4-7(5-12)2-3-9(8)11-10-6;1-3-2;1-2/h2-5H,1H3,(H,10,11);1-2H3;1-2H3. The molecule has 0 bridgehead atoms. The predicted octanol–water partition coefficient (Wildman–Crippen LogP) is 2.97. The van der Waals surface area contributed by atoms with Crippen LogP contribution in [0.2, 0.25) is 0 Å². The first-order valence-corrected chi connectivity index (χ1v) is 5.53. The summed E-state index contributed by atoms with van der Waals surface area (Å²) in [6.07, 6.45) is 0.839. The van der Waals surface area contributed by atoms with Gasteiger partial charge >= 0.3 is 0 Å². The number of nitrogens with one attached hydrogen (secondary N) is 1. The van der Waals surface area contributed by atoms with Gasteiger partial charge < -0.3 is 4.74 Å². The molecule has 0 aliphatic carbocycles. The second-order valence-electron chi connectivity index (χ2n) is 3.15. The molecule has 0 spiro atoms. The summed E-state index contributed by atoms with van der Waals surface area (Å²) < 4.78 is 4.25. The molecule has 0 radical (unpaired) electrons. The van der Waals surface area contributed by atoms with Gasteiger partial charge in [-0.15, -0.1) is 0 Å². The number of carbonyl (C=O) groups is 1. The van der Waals surface area contributed by atoms with E-state index in [1.165, 1.54) is 0 Å². The molecule has 4 heteroatoms. The van der Waals surface area contributed by atoms with Crippen molar-refractivity contribution < 1.29 is 9.53 Å². The highest BCUT2D eigenvalue weighted by Crippen LogP contribution is 2.15. The maximum atomic E-state index is 10.5. The van der Waals surface area contributed by atoms with Crippen LogP contribution < -0.4 is 0 Å². The van der Waals surface area contributed by atoms with Gasteiger partial charge in [-0.1, -0.05) is 13.8 Å². The number of fused-ring (bicyclic) bond motifs is 1. The summed E-state index contributed by atoms with van der Waals surface area (Å²) in [6.45, 7) is 5.93. The van der Waals surface area contributed by atoms with Gasteiger partial charge in [0.25, 0.3) is 0 Å². The number of hydrogen-bond donors (Lipinski definition) is 1. The molecular weight excluding hydrogens is 216 g/mol. The summed E-state index contributed by atoms with van der Waals surface area (Å²) in [5.74, 6) is 0. The van der Waals surface area contributed by atoms with Crippen molar-refractivity contribution in [1.29, 1.82) is 0 Å². The molecule has 94 valence electrons. The summed E-state index contributed by atoms with van der Waals surface area (Å²) in [5, 5.41) is 7.93. The molecule has 17 heavy (non-hydrogen) atoms. The zero-order valence-corrected chi connectivity index (χ0v) is 11.1. The second-order valence-corrected chi connectivity index (χ2v) is 3.15. The quantitative estimate of drug-likeness (QED) is 0.774. The van der Waals surface area contributed by atoms with Gasteiger partial charge in [-0.05, 0) is 25.1 Å². The van der Waals surface area contributed by atoms with Crippen molar-refractivity contribution in [3.05, 3.63) is 29.5 Å². The van der Waals surface area contributed by atoms with E-state index in [-0.39, 0.29) is 0 Å². The van der Waals surface area contributed by atoms with E-state index in [1.807, 2.05) is 32.9 Å². The molecule has 2 rings (SSSR count). The highest BCUT2D eigenvalue weighted by molar-refractivity contribution is 5.88. The molecule has 0 saturated carbocycles. The minimum absolute atomic E-state index is 0.687. The molecule has 1 aromatic carbocycles. The van der Waals surface area contributed by atoms with Crippen LogP contribution in [-0.2, 0) is 4.74 Å². The van der Waals surface area contributed by atoms with Gasteiger partial charge in [0, 0.05) is 30.9 Å². The van der Waals surface area contributed by atoms with E-state index in [0.29, 0.717) is 5.56 Å². The van der Waals surface area contributed by atoms with E-state index in [0.717, 1.165) is 22.9 Å². The molecule has 1 N–H and O–H groups in total. The Morgan fingerprint density at radius 2 is 1.88 bits per heavy atom. The maximum Gasteiger partial charge on any atom is 0.150 e. The van der Waals surface area contributed by atoms with E-state index in [1.54, 1.807) is 20.3 Å². The Balaban J connectivity index is 0.000000450. The number of aromatic nitrogens is 2. The van der Waals surface area contributed by atoms with Crippen LogP contribution >= 0.6 is 0 Å². The number of ether oxygens (including phenoxy) is 1. The third kappa shape index (κ3) is 4.36. The molecule has 2 aromatic rings. The van der Waals surface area contributed by atoms with E-state index in [4.69, 9.17) is 0 Å². The average Bonchev–Trinajstić information content (AvgIpc) is 2.74. The molecular formula is C13H20N2O2. The van der Waals surface area contributed by atoms with Crippen LogP contribution in [0.3, 0.4) is 0 Å². The van der Waals surface area contributed by atoms with Crippen molar-refractivity contribution in [3.8, 4) is 0 Å². The molecule has 0 aliphatic heterocycles. The fraction of sp³-hybridized carbons (Fsp3) is 0.385. The summed E-state index contributed by atoms with van der Waals surface area (Å²) in [6, 6.07) is 5.43. The van der Waals surface area contributed by atoms with E-state index in [2.05, 4.69) is 14.9 Å². The van der Waals surface area contributed by atoms with Crippen LogP contribution in [0.25, 0.3) is 10.9 Å². The Morgan fingerprint density at radius 3 is 2.41 bits per heavy atom. The van der Waals surface area contributed by atoms with Gasteiger partial charge in [-0.3, -0.25) is 9.89 Å². The summed E-state index contributed by atoms with van der Waals surface area (Å²) in [7, 11) is 3.25. The topological polar surface area (TPSA) is 55.0 Å². The zero-order chi connectivity index (χ0) is 13.3. The number of carbonyl (C=O) groups excluding carboxylic acids is 1. The number of methoxy groups -OCH3 is 1. The minimum Gasteiger partial charge on any atom is -0.388 e. The Kier molecular flexibility index (Phi) is 7.63. The highest BCUT2D eigenvalue weighted by Gasteiger charge is 2.00. The van der Waals surface area contributed by atoms with Crippen molar-refractivity contribution in [2.75, 3.05) is 14.2 Å². The number of aryl methyl sites for hydroxylation is 1. The van der Waals surface area contributed by atoms with Crippen molar-refractivity contribution in [2.24, 2.45) is 0 Å². The summed E-state index contributed by atoms with van der Waals surface area (Å²) in [4.78, 5) is 10.5. The Morgan fingerprint density at radius 1 is 1.29 bits per heavy atom. The zero-order valence-electron chi connectivity index (χ0n) is 11.1. The van der Waals surface area contributed by atoms with Gasteiger partial charge in [0.15, 0.2) is 0 Å². The number of hydrogen-bond acceptors (Lipinski definition) is 3. The van der Waals surface area contributed by atoms with E-state index in [9.17, 15) is 4.79 Å². The second kappa shape index (κ2) is 8.47. The molecule has 0 aliphatic rings. The fourth-order valence-electron chi connectivity index (χ4n) is 1.23. The number of aromatic amines is 1. The highest BCUT2D eigenvalue weighted by atomic mass is 16.4. The number of rotatable bonds is 1. The van der Waals surface area contributed by atoms with E-state index >= 15 is 0 Å². The van der Waals surface area contributed by atoms with Crippen molar-refractivity contribution in [2.45, 2.75) is 20.8 Å². The van der Waals surface area contributed by atoms with Crippen molar-refractivity contribution in [3.63, 3.8) is 0 Å². The number of nitrogens with zero attached hydrogens (tertiary/aromatic N) is 1. The van der Waals surface area contributed by atoms with Crippen LogP contribution in [0.5, 0.6) is 0 Å². The van der Waals surface area contributed by atoms with Crippen LogP contribution in [0.1, 0.15) is 29.9 Å². The van der Waals surface area contributed by atoms with Crippen LogP contribution in [0.15, 0.2) is 18.2 Å². The van der Waals surface area contributed by atoms with Gasteiger partial charge in [-0.25, -0.2) is 0 Å². The Hall–Kier alpha value is -1.68. The lowest BCUT2D eigenvalue weighted by molar-refractivity contribution is 0.112. The summed E-state index contributed by atoms with van der Waals surface area (Å²) in [5.41, 5.74) is 2.58. The first-order valence-electron chi connectivity index (χ1n) is 5.53. The third-order valence-electron chi connectivity index (χ3n) is 1.90. The van der Waals surface area contributed by atoms with Gasteiger partial charge in [0.05, 0.1) is 5.52 Å². The van der Waals surface area contributed by atoms with Crippen molar-refractivity contribution in [1.82, 2.24) is 10.2 Å². The van der Waals surface area contributed by atoms with Crippen LogP contribution in [-0.4, -0.2) is 30.7 Å². The molecule has 4 nitrogen and oxygen atoms in total. The first-order chi connectivity index (χ1) is 8.22. The van der Waals surface area contributed by atoms with E-state index < -0.39 is 0 Å². The lowest BCUT2D eigenvalue weighted by Gasteiger charge is -1.90. The van der Waals surface area contributed by atoms with Gasteiger partial charge in [0.2, 0.25) is 0 Å². The van der Waals surface area contributed by atoms with Crippen LogP contribution in [0.4, 0.5) is 0 Å². The molecule has 0 saturated heterocycles. The SMILES string of the molecule is CC.COC.Cc1[nH]nc2ccc(C=O)cc12. The lowest BCUT2D eigenvalue weighted by Crippen LogP contribution is -1.78. The normalized spacial score (nSPS) is 8.76. The number of benzene rings is 1. The van der Waals surface area contributed by atoms with Crippen LogP contribution in [0, 0.1) is 6.92 Å². The largest absolute Gasteiger partial charge is 0.388 e. The Bertz CT molecular complexity index is 450. The molecule has 0 atom stereocenters. The molecule has 0 amide bonds. The summed E-state index contributed by atoms with van der Waals surface area (Å²) >= 11 is 0. The molecule has 1 heterocycles. The predicted molar refractivity (Wildman–Crippen MR) is 70.5 cm³/mol. The fourth-order valence-corrected chi connectivity index (χ4v) is 1.23. The van der Waals surface area contributed by atoms with Gasteiger partial charge in [0.1, 0.15) is 6.29 Å². The Labute approximate surface area is 102 Å².